The fourth-order valence-electron chi connectivity index (χ4n) is 2.23. The molecule has 2 N–H and O–H groups in total. The zero-order valence-corrected chi connectivity index (χ0v) is 18.8. The monoisotopic (exact) mass is 481 g/mol. The van der Waals surface area contributed by atoms with Crippen LogP contribution in [-0.2, 0) is 9.84 Å². The molecular weight excluding hydrogens is 449 g/mol. The van der Waals surface area contributed by atoms with E-state index in [0.29, 0.717) is 22.8 Å². The quantitative estimate of drug-likeness (QED) is 0.322. The van der Waals surface area contributed by atoms with Crippen molar-refractivity contribution in [3.63, 3.8) is 0 Å². The fraction of sp³-hybridized carbons (Fsp3) is 0.611. The molecule has 0 bridgehead atoms. The third-order valence-corrected chi connectivity index (χ3v) is 5.35. The van der Waals surface area contributed by atoms with Crippen molar-refractivity contribution in [2.45, 2.75) is 51.5 Å². The predicted octanol–water partition coefficient (Wildman–Crippen LogP) is 3.46. The van der Waals surface area contributed by atoms with E-state index < -0.39 is 9.84 Å². The van der Waals surface area contributed by atoms with Gasteiger partial charge in [-0.15, -0.1) is 24.0 Å². The Hall–Kier alpha value is -0.830. The van der Waals surface area contributed by atoms with Crippen molar-refractivity contribution in [3.05, 3.63) is 30.3 Å². The first-order valence-electron chi connectivity index (χ1n) is 8.67. The van der Waals surface area contributed by atoms with Crippen molar-refractivity contribution in [1.29, 1.82) is 0 Å². The average Bonchev–Trinajstić information content (AvgIpc) is 2.54. The SMILES string of the molecule is CCNC(=NCCS(=O)(=O)c1ccccc1)NC(C)CCC(C)C.I. The molecule has 0 aliphatic rings. The second kappa shape index (κ2) is 12.5. The third-order valence-electron chi connectivity index (χ3n) is 3.64. The molecule has 0 aliphatic heterocycles. The number of benzene rings is 1. The van der Waals surface area contributed by atoms with Gasteiger partial charge in [0.15, 0.2) is 15.8 Å². The summed E-state index contributed by atoms with van der Waals surface area (Å²) in [4.78, 5) is 4.76. The van der Waals surface area contributed by atoms with Crippen LogP contribution in [0.25, 0.3) is 0 Å². The second-order valence-corrected chi connectivity index (χ2v) is 8.52. The lowest BCUT2D eigenvalue weighted by molar-refractivity contribution is 0.489. The normalized spacial score (nSPS) is 13.2. The van der Waals surface area contributed by atoms with E-state index in [9.17, 15) is 8.42 Å². The topological polar surface area (TPSA) is 70.6 Å². The minimum absolute atomic E-state index is 0. The average molecular weight is 481 g/mol. The summed E-state index contributed by atoms with van der Waals surface area (Å²) >= 11 is 0. The number of halogens is 1. The van der Waals surface area contributed by atoms with Gasteiger partial charge in [-0.2, -0.15) is 0 Å². The van der Waals surface area contributed by atoms with Gasteiger partial charge in [0.2, 0.25) is 0 Å². The summed E-state index contributed by atoms with van der Waals surface area (Å²) in [6.45, 7) is 9.52. The Kier molecular flexibility index (Phi) is 12.1. The standard InChI is InChI=1S/C18H31N3O2S.HI/c1-5-19-18(21-16(4)12-11-15(2)3)20-13-14-24(22,23)17-9-7-6-8-10-17;/h6-10,15-16H,5,11-14H2,1-4H3,(H2,19,20,21);1H. The number of nitrogens with one attached hydrogen (secondary N) is 2. The summed E-state index contributed by atoms with van der Waals surface area (Å²) in [7, 11) is -3.28. The van der Waals surface area contributed by atoms with E-state index >= 15 is 0 Å². The summed E-state index contributed by atoms with van der Waals surface area (Å²) in [6.07, 6.45) is 2.21. The van der Waals surface area contributed by atoms with Gasteiger partial charge in [0.25, 0.3) is 0 Å². The lowest BCUT2D eigenvalue weighted by atomic mass is 10.0. The predicted molar refractivity (Wildman–Crippen MR) is 117 cm³/mol. The highest BCUT2D eigenvalue weighted by Crippen LogP contribution is 2.10. The van der Waals surface area contributed by atoms with Gasteiger partial charge in [-0.25, -0.2) is 8.42 Å². The number of nitrogens with zero attached hydrogens (tertiary/aromatic N) is 1. The van der Waals surface area contributed by atoms with Gasteiger partial charge < -0.3 is 10.6 Å². The molecule has 25 heavy (non-hydrogen) atoms. The van der Waals surface area contributed by atoms with E-state index in [4.69, 9.17) is 0 Å². The number of hydrogen-bond acceptors (Lipinski definition) is 3. The second-order valence-electron chi connectivity index (χ2n) is 6.41. The van der Waals surface area contributed by atoms with E-state index in [1.54, 1.807) is 24.3 Å². The zero-order valence-electron chi connectivity index (χ0n) is 15.7. The summed E-state index contributed by atoms with van der Waals surface area (Å²) in [5.41, 5.74) is 0. The molecule has 5 nitrogen and oxygen atoms in total. The van der Waals surface area contributed by atoms with Crippen molar-refractivity contribution in [1.82, 2.24) is 10.6 Å². The van der Waals surface area contributed by atoms with E-state index in [-0.39, 0.29) is 36.3 Å². The van der Waals surface area contributed by atoms with E-state index in [0.717, 1.165) is 19.4 Å². The molecule has 0 amide bonds. The van der Waals surface area contributed by atoms with Crippen LogP contribution in [0.2, 0.25) is 0 Å². The van der Waals surface area contributed by atoms with Crippen LogP contribution in [0.5, 0.6) is 0 Å². The number of rotatable bonds is 9. The molecule has 1 unspecified atom stereocenters. The molecule has 0 fully saturated rings. The first-order chi connectivity index (χ1) is 11.3. The first-order valence-corrected chi connectivity index (χ1v) is 10.3. The highest BCUT2D eigenvalue weighted by molar-refractivity contribution is 14.0. The van der Waals surface area contributed by atoms with Gasteiger partial charge in [-0.3, -0.25) is 4.99 Å². The molecule has 1 aromatic rings. The minimum atomic E-state index is -3.28. The van der Waals surface area contributed by atoms with Gasteiger partial charge in [0.1, 0.15) is 0 Å². The molecule has 0 aliphatic carbocycles. The smallest absolute Gasteiger partial charge is 0.191 e. The molecule has 0 spiro atoms. The molecular formula is C18H32IN3O2S. The molecule has 144 valence electrons. The summed E-state index contributed by atoms with van der Waals surface area (Å²) in [5, 5.41) is 6.51. The Labute approximate surface area is 170 Å². The van der Waals surface area contributed by atoms with Gasteiger partial charge in [0.05, 0.1) is 17.2 Å². The van der Waals surface area contributed by atoms with Crippen molar-refractivity contribution in [2.24, 2.45) is 10.9 Å². The molecule has 0 heterocycles. The Morgan fingerprint density at radius 1 is 1.12 bits per heavy atom. The highest BCUT2D eigenvalue weighted by Gasteiger charge is 2.13. The van der Waals surface area contributed by atoms with Crippen LogP contribution in [0.3, 0.4) is 0 Å². The van der Waals surface area contributed by atoms with Crippen LogP contribution >= 0.6 is 24.0 Å². The molecule has 1 aromatic carbocycles. The summed E-state index contributed by atoms with van der Waals surface area (Å²) in [5.74, 6) is 1.36. The molecule has 0 saturated heterocycles. The van der Waals surface area contributed by atoms with Crippen molar-refractivity contribution in [3.8, 4) is 0 Å². The maximum absolute atomic E-state index is 12.3. The zero-order chi connectivity index (χ0) is 18.0. The fourth-order valence-corrected chi connectivity index (χ4v) is 3.37. The van der Waals surface area contributed by atoms with Crippen LogP contribution in [0.15, 0.2) is 40.2 Å². The maximum Gasteiger partial charge on any atom is 0.191 e. The van der Waals surface area contributed by atoms with Crippen molar-refractivity contribution < 1.29 is 8.42 Å². The largest absolute Gasteiger partial charge is 0.357 e. The summed E-state index contributed by atoms with van der Waals surface area (Å²) in [6, 6.07) is 8.82. The lowest BCUT2D eigenvalue weighted by Gasteiger charge is -2.18. The van der Waals surface area contributed by atoms with Crippen LogP contribution < -0.4 is 10.6 Å². The highest BCUT2D eigenvalue weighted by atomic mass is 127. The number of guanidine groups is 1. The Balaban J connectivity index is 0.00000576. The number of aliphatic imine (C=N–C) groups is 1. The molecule has 1 atom stereocenters. The minimum Gasteiger partial charge on any atom is -0.357 e. The lowest BCUT2D eigenvalue weighted by Crippen LogP contribution is -2.42. The van der Waals surface area contributed by atoms with Gasteiger partial charge >= 0.3 is 0 Å². The van der Waals surface area contributed by atoms with Gasteiger partial charge in [-0.1, -0.05) is 32.0 Å². The van der Waals surface area contributed by atoms with Crippen LogP contribution in [0.4, 0.5) is 0 Å². The Morgan fingerprint density at radius 3 is 2.32 bits per heavy atom. The van der Waals surface area contributed by atoms with Crippen molar-refractivity contribution in [2.75, 3.05) is 18.8 Å². The van der Waals surface area contributed by atoms with E-state index in [2.05, 4.69) is 36.4 Å². The number of hydrogen-bond donors (Lipinski definition) is 2. The summed E-state index contributed by atoms with van der Waals surface area (Å²) < 4.78 is 24.5. The van der Waals surface area contributed by atoms with Gasteiger partial charge in [-0.05, 0) is 44.7 Å². The molecule has 0 aromatic heterocycles. The Morgan fingerprint density at radius 2 is 1.76 bits per heavy atom. The number of sulfone groups is 1. The molecule has 7 heteroatoms. The van der Waals surface area contributed by atoms with Crippen molar-refractivity contribution >= 4 is 39.8 Å². The van der Waals surface area contributed by atoms with Gasteiger partial charge in [0, 0.05) is 12.6 Å². The van der Waals surface area contributed by atoms with Crippen LogP contribution in [-0.4, -0.2) is 39.3 Å². The Bertz CT molecular complexity index is 604. The van der Waals surface area contributed by atoms with E-state index in [1.165, 1.54) is 0 Å². The molecule has 0 saturated carbocycles. The third kappa shape index (κ3) is 10.0. The van der Waals surface area contributed by atoms with Crippen LogP contribution in [0, 0.1) is 5.92 Å². The molecule has 0 radical (unpaired) electrons. The first kappa shape index (κ1) is 24.2. The van der Waals surface area contributed by atoms with Crippen LogP contribution in [0.1, 0.15) is 40.5 Å². The molecule has 1 rings (SSSR count). The maximum atomic E-state index is 12.3. The van der Waals surface area contributed by atoms with E-state index in [1.807, 2.05) is 13.0 Å².